The zero-order chi connectivity index (χ0) is 17.0. The summed E-state index contributed by atoms with van der Waals surface area (Å²) < 4.78 is 37.6. The van der Waals surface area contributed by atoms with Gasteiger partial charge in [-0.1, -0.05) is 25.1 Å². The molecule has 0 amide bonds. The Kier molecular flexibility index (Phi) is 5.26. The van der Waals surface area contributed by atoms with E-state index in [0.29, 0.717) is 11.4 Å². The van der Waals surface area contributed by atoms with Gasteiger partial charge < -0.3 is 11.1 Å². The van der Waals surface area contributed by atoms with E-state index in [2.05, 4.69) is 5.32 Å². The molecule has 3 N–H and O–H groups in total. The van der Waals surface area contributed by atoms with E-state index in [9.17, 15) is 18.4 Å². The molecule has 0 unspecified atom stereocenters. The van der Waals surface area contributed by atoms with E-state index in [0.717, 1.165) is 37.8 Å². The van der Waals surface area contributed by atoms with Gasteiger partial charge in [0.15, 0.2) is 0 Å². The van der Waals surface area contributed by atoms with Crippen molar-refractivity contribution < 1.29 is 13.2 Å². The lowest BCUT2D eigenvalue weighted by Gasteiger charge is -2.14. The second kappa shape index (κ2) is 7.01. The van der Waals surface area contributed by atoms with Gasteiger partial charge >= 0.3 is 6.18 Å². The highest BCUT2D eigenvalue weighted by molar-refractivity contribution is 7.81. The van der Waals surface area contributed by atoms with Crippen LogP contribution in [0.4, 0.5) is 18.9 Å². The third kappa shape index (κ3) is 4.23. The first-order valence-corrected chi connectivity index (χ1v) is 7.62. The molecule has 23 heavy (non-hydrogen) atoms. The molecule has 1 aliphatic carbocycles. The number of rotatable bonds is 3. The van der Waals surface area contributed by atoms with Crippen LogP contribution in [0.1, 0.15) is 31.2 Å². The number of benzene rings is 1. The van der Waals surface area contributed by atoms with E-state index < -0.39 is 11.7 Å². The van der Waals surface area contributed by atoms with Gasteiger partial charge in [0.25, 0.3) is 0 Å². The molecule has 0 saturated heterocycles. The molecular weight excluding hydrogens is 323 g/mol. The van der Waals surface area contributed by atoms with Crippen molar-refractivity contribution in [3.8, 4) is 6.07 Å². The van der Waals surface area contributed by atoms with Gasteiger partial charge in [-0.25, -0.2) is 0 Å². The number of hydrogen-bond acceptors (Lipinski definition) is 3. The number of thiocarbonyl (C=S) groups is 1. The number of anilines is 1. The SMILES string of the molecule is N#C/C(C(=S)Nc1ccc(C(F)(F)F)cc1)=C(/N)C1CCCC1. The number of nitriles is 1. The lowest BCUT2D eigenvalue weighted by atomic mass is 10.00. The summed E-state index contributed by atoms with van der Waals surface area (Å²) in [5, 5.41) is 12.1. The number of hydrogen-bond donors (Lipinski definition) is 2. The predicted octanol–water partition coefficient (Wildman–Crippen LogP) is 4.37. The highest BCUT2D eigenvalue weighted by atomic mass is 32.1. The number of halogens is 3. The molecule has 122 valence electrons. The first-order chi connectivity index (χ1) is 10.8. The topological polar surface area (TPSA) is 61.8 Å². The van der Waals surface area contributed by atoms with Crippen LogP contribution in [0.3, 0.4) is 0 Å². The maximum Gasteiger partial charge on any atom is 0.416 e. The van der Waals surface area contributed by atoms with Crippen molar-refractivity contribution in [3.63, 3.8) is 0 Å². The van der Waals surface area contributed by atoms with Crippen molar-refractivity contribution in [2.45, 2.75) is 31.9 Å². The molecule has 0 heterocycles. The molecule has 0 radical (unpaired) electrons. The van der Waals surface area contributed by atoms with E-state index in [-0.39, 0.29) is 16.5 Å². The van der Waals surface area contributed by atoms with Crippen molar-refractivity contribution in [1.82, 2.24) is 0 Å². The fraction of sp³-hybridized carbons (Fsp3) is 0.375. The van der Waals surface area contributed by atoms with Crippen molar-refractivity contribution in [2.75, 3.05) is 5.32 Å². The molecule has 0 bridgehead atoms. The minimum Gasteiger partial charge on any atom is -0.401 e. The number of alkyl halides is 3. The molecular formula is C16H16F3N3S. The van der Waals surface area contributed by atoms with Gasteiger partial charge in [-0.2, -0.15) is 18.4 Å². The molecule has 2 rings (SSSR count). The Bertz CT molecular complexity index is 651. The van der Waals surface area contributed by atoms with Crippen LogP contribution >= 0.6 is 12.2 Å². The van der Waals surface area contributed by atoms with Crippen LogP contribution in [0.2, 0.25) is 0 Å². The average Bonchev–Trinajstić information content (AvgIpc) is 3.01. The first-order valence-electron chi connectivity index (χ1n) is 7.21. The molecule has 1 aliphatic rings. The summed E-state index contributed by atoms with van der Waals surface area (Å²) in [5.74, 6) is 0.150. The van der Waals surface area contributed by atoms with Crippen LogP contribution < -0.4 is 11.1 Å². The summed E-state index contributed by atoms with van der Waals surface area (Å²) in [4.78, 5) is 0.136. The van der Waals surface area contributed by atoms with Gasteiger partial charge in [0.05, 0.1) is 5.56 Å². The molecule has 1 aromatic rings. The Morgan fingerprint density at radius 2 is 1.78 bits per heavy atom. The third-order valence-corrected chi connectivity index (χ3v) is 4.20. The van der Waals surface area contributed by atoms with Gasteiger partial charge in [-0.15, -0.1) is 0 Å². The summed E-state index contributed by atoms with van der Waals surface area (Å²) >= 11 is 5.18. The van der Waals surface area contributed by atoms with Crippen LogP contribution in [0.25, 0.3) is 0 Å². The normalized spacial score (nSPS) is 16.6. The van der Waals surface area contributed by atoms with Gasteiger partial charge in [-0.3, -0.25) is 0 Å². The monoisotopic (exact) mass is 339 g/mol. The fourth-order valence-corrected chi connectivity index (χ4v) is 2.90. The molecule has 7 heteroatoms. The third-order valence-electron chi connectivity index (χ3n) is 3.89. The Balaban J connectivity index is 2.14. The van der Waals surface area contributed by atoms with E-state index in [1.54, 1.807) is 0 Å². The molecule has 1 aromatic carbocycles. The Morgan fingerprint density at radius 1 is 1.22 bits per heavy atom. The van der Waals surface area contributed by atoms with E-state index in [1.165, 1.54) is 12.1 Å². The number of nitrogens with two attached hydrogens (primary N) is 1. The predicted molar refractivity (Wildman–Crippen MR) is 86.4 cm³/mol. The molecule has 3 nitrogen and oxygen atoms in total. The summed E-state index contributed by atoms with van der Waals surface area (Å²) in [6.45, 7) is 0. The van der Waals surface area contributed by atoms with Crippen LogP contribution in [0.15, 0.2) is 35.5 Å². The van der Waals surface area contributed by atoms with E-state index in [1.807, 2.05) is 6.07 Å². The van der Waals surface area contributed by atoms with Crippen LogP contribution in [-0.2, 0) is 6.18 Å². The van der Waals surface area contributed by atoms with Crippen molar-refractivity contribution in [3.05, 3.63) is 41.1 Å². The second-order valence-corrected chi connectivity index (χ2v) is 5.86. The summed E-state index contributed by atoms with van der Waals surface area (Å²) in [5.41, 5.74) is 6.36. The van der Waals surface area contributed by atoms with E-state index in [4.69, 9.17) is 18.0 Å². The standard InChI is InChI=1S/C16H16F3N3S/c17-16(18,19)11-5-7-12(8-6-11)22-15(23)13(9-20)14(21)10-3-1-2-4-10/h5-8,10H,1-4,21H2,(H,22,23)/b14-13-. The van der Waals surface area contributed by atoms with Gasteiger partial charge in [0, 0.05) is 11.4 Å². The van der Waals surface area contributed by atoms with Crippen LogP contribution in [0.5, 0.6) is 0 Å². The lowest BCUT2D eigenvalue weighted by Crippen LogP contribution is -2.20. The van der Waals surface area contributed by atoms with Gasteiger partial charge in [0.2, 0.25) is 0 Å². The van der Waals surface area contributed by atoms with Crippen LogP contribution in [-0.4, -0.2) is 4.99 Å². The molecule has 0 spiro atoms. The molecule has 1 fully saturated rings. The van der Waals surface area contributed by atoms with Crippen LogP contribution in [0, 0.1) is 17.2 Å². The number of nitrogens with zero attached hydrogens (tertiary/aromatic N) is 1. The maximum atomic E-state index is 12.5. The summed E-state index contributed by atoms with van der Waals surface area (Å²) in [7, 11) is 0. The van der Waals surface area contributed by atoms with Crippen molar-refractivity contribution in [1.29, 1.82) is 5.26 Å². The molecule has 1 saturated carbocycles. The van der Waals surface area contributed by atoms with Gasteiger partial charge in [0.1, 0.15) is 16.6 Å². The minimum absolute atomic E-state index is 0.136. The summed E-state index contributed by atoms with van der Waals surface area (Å²) in [6.07, 6.45) is -0.379. The largest absolute Gasteiger partial charge is 0.416 e. The maximum absolute atomic E-state index is 12.5. The Labute approximate surface area is 138 Å². The lowest BCUT2D eigenvalue weighted by molar-refractivity contribution is -0.137. The first kappa shape index (κ1) is 17.3. The molecule has 0 aliphatic heterocycles. The Hall–Kier alpha value is -2.07. The number of allylic oxidation sites excluding steroid dienone is 1. The quantitative estimate of drug-likeness (QED) is 0.488. The smallest absolute Gasteiger partial charge is 0.401 e. The fourth-order valence-electron chi connectivity index (χ4n) is 2.62. The second-order valence-electron chi connectivity index (χ2n) is 5.45. The summed E-state index contributed by atoms with van der Waals surface area (Å²) in [6, 6.07) is 6.47. The number of nitrogens with one attached hydrogen (secondary N) is 1. The highest BCUT2D eigenvalue weighted by Crippen LogP contribution is 2.31. The highest BCUT2D eigenvalue weighted by Gasteiger charge is 2.30. The zero-order valence-corrected chi connectivity index (χ0v) is 13.1. The minimum atomic E-state index is -4.39. The van der Waals surface area contributed by atoms with Gasteiger partial charge in [-0.05, 0) is 43.0 Å². The molecule has 0 aromatic heterocycles. The van der Waals surface area contributed by atoms with E-state index >= 15 is 0 Å². The van der Waals surface area contributed by atoms with Crippen molar-refractivity contribution in [2.24, 2.45) is 11.7 Å². The van der Waals surface area contributed by atoms with Crippen molar-refractivity contribution >= 4 is 22.9 Å². The zero-order valence-electron chi connectivity index (χ0n) is 12.3. The average molecular weight is 339 g/mol. The molecule has 0 atom stereocenters. The Morgan fingerprint density at radius 3 is 2.26 bits per heavy atom.